The maximum Gasteiger partial charge on any atom is 0.150 e. The third kappa shape index (κ3) is 2.32. The molecule has 0 fully saturated rings. The van der Waals surface area contributed by atoms with Gasteiger partial charge >= 0.3 is 0 Å². The second-order valence-corrected chi connectivity index (χ2v) is 5.21. The number of hydrogen-bond donors (Lipinski definition) is 1. The van der Waals surface area contributed by atoms with Crippen LogP contribution < -0.4 is 5.73 Å². The Bertz CT molecular complexity index is 632. The van der Waals surface area contributed by atoms with Gasteiger partial charge in [-0.15, -0.1) is 0 Å². The van der Waals surface area contributed by atoms with Crippen molar-refractivity contribution < 1.29 is 8.78 Å². The van der Waals surface area contributed by atoms with Gasteiger partial charge in [0.05, 0.1) is 15.7 Å². The van der Waals surface area contributed by atoms with Gasteiger partial charge in [-0.2, -0.15) is 0 Å². The van der Waals surface area contributed by atoms with Crippen LogP contribution >= 0.6 is 39.1 Å². The summed E-state index contributed by atoms with van der Waals surface area (Å²) in [6.45, 7) is 0. The van der Waals surface area contributed by atoms with Crippen molar-refractivity contribution in [2.75, 3.05) is 5.73 Å². The van der Waals surface area contributed by atoms with Gasteiger partial charge in [0, 0.05) is 15.6 Å². The van der Waals surface area contributed by atoms with Crippen LogP contribution in [0, 0.1) is 11.6 Å². The van der Waals surface area contributed by atoms with E-state index in [0.29, 0.717) is 4.47 Å². The van der Waals surface area contributed by atoms with E-state index < -0.39 is 11.6 Å². The fourth-order valence-corrected chi connectivity index (χ4v) is 2.22. The summed E-state index contributed by atoms with van der Waals surface area (Å²) in [5.41, 5.74) is 6.10. The van der Waals surface area contributed by atoms with Gasteiger partial charge in [-0.1, -0.05) is 29.3 Å². The van der Waals surface area contributed by atoms with Crippen LogP contribution in [0.2, 0.25) is 10.0 Å². The molecule has 2 N–H and O–H groups in total. The van der Waals surface area contributed by atoms with E-state index in [1.807, 2.05) is 0 Å². The molecule has 0 amide bonds. The largest absolute Gasteiger partial charge is 0.397 e. The SMILES string of the molecule is Nc1c(Cl)cc(F)cc1-c1ccc(Br)c(Cl)c1F. The van der Waals surface area contributed by atoms with E-state index in [0.717, 1.165) is 12.1 Å². The Hall–Kier alpha value is -0.840. The molecule has 0 bridgehead atoms. The molecule has 18 heavy (non-hydrogen) atoms. The van der Waals surface area contributed by atoms with Gasteiger partial charge in [0.2, 0.25) is 0 Å². The zero-order valence-corrected chi connectivity index (χ0v) is 11.9. The van der Waals surface area contributed by atoms with Crippen LogP contribution in [-0.2, 0) is 0 Å². The molecule has 0 spiro atoms. The minimum atomic E-state index is -0.681. The first kappa shape index (κ1) is 13.6. The predicted octanol–water partition coefficient (Wildman–Crippen LogP) is 5.28. The van der Waals surface area contributed by atoms with E-state index in [4.69, 9.17) is 28.9 Å². The monoisotopic (exact) mass is 351 g/mol. The van der Waals surface area contributed by atoms with Gasteiger partial charge in [-0.3, -0.25) is 0 Å². The van der Waals surface area contributed by atoms with Crippen molar-refractivity contribution in [1.82, 2.24) is 0 Å². The molecule has 0 unspecified atom stereocenters. The van der Waals surface area contributed by atoms with E-state index in [9.17, 15) is 8.78 Å². The summed E-state index contributed by atoms with van der Waals surface area (Å²) in [5, 5.41) is -0.0595. The molecule has 2 rings (SSSR count). The predicted molar refractivity (Wildman–Crippen MR) is 73.9 cm³/mol. The first-order chi connectivity index (χ1) is 8.41. The third-order valence-electron chi connectivity index (χ3n) is 2.42. The van der Waals surface area contributed by atoms with Gasteiger partial charge < -0.3 is 5.73 Å². The zero-order chi connectivity index (χ0) is 13.4. The van der Waals surface area contributed by atoms with Crippen molar-refractivity contribution in [2.24, 2.45) is 0 Å². The third-order valence-corrected chi connectivity index (χ3v) is 3.99. The number of hydrogen-bond acceptors (Lipinski definition) is 1. The van der Waals surface area contributed by atoms with Gasteiger partial charge in [0.25, 0.3) is 0 Å². The summed E-state index contributed by atoms with van der Waals surface area (Å²) in [7, 11) is 0. The standard InChI is InChI=1S/C12H6BrCl2F2N/c13-8-2-1-6(11(17)10(8)15)7-3-5(16)4-9(14)12(7)18/h1-4H,18H2. The lowest BCUT2D eigenvalue weighted by molar-refractivity contribution is 0.625. The molecule has 2 aromatic carbocycles. The summed E-state index contributed by atoms with van der Waals surface area (Å²) in [5.74, 6) is -1.28. The molecule has 0 saturated carbocycles. The van der Waals surface area contributed by atoms with E-state index >= 15 is 0 Å². The topological polar surface area (TPSA) is 26.0 Å². The van der Waals surface area contributed by atoms with Crippen molar-refractivity contribution in [2.45, 2.75) is 0 Å². The molecule has 0 atom stereocenters. The van der Waals surface area contributed by atoms with Crippen molar-refractivity contribution >= 4 is 44.8 Å². The van der Waals surface area contributed by atoms with E-state index in [1.165, 1.54) is 6.07 Å². The minimum Gasteiger partial charge on any atom is -0.397 e. The van der Waals surface area contributed by atoms with Gasteiger partial charge in [-0.25, -0.2) is 8.78 Å². The number of halogens is 5. The van der Waals surface area contributed by atoms with Crippen LogP contribution in [0.3, 0.4) is 0 Å². The molecule has 0 saturated heterocycles. The van der Waals surface area contributed by atoms with E-state index in [2.05, 4.69) is 15.9 Å². The van der Waals surface area contributed by atoms with E-state index in [-0.39, 0.29) is 26.9 Å². The molecule has 0 aromatic heterocycles. The van der Waals surface area contributed by atoms with Crippen molar-refractivity contribution in [1.29, 1.82) is 0 Å². The Morgan fingerprint density at radius 2 is 1.72 bits per heavy atom. The molecule has 6 heteroatoms. The minimum absolute atomic E-state index is 0.0310. The Kier molecular flexibility index (Phi) is 3.80. The average molecular weight is 353 g/mol. The summed E-state index contributed by atoms with van der Waals surface area (Å²) >= 11 is 14.6. The maximum atomic E-state index is 14.0. The van der Waals surface area contributed by atoms with Gasteiger partial charge in [-0.05, 0) is 34.1 Å². The molecule has 0 aliphatic heterocycles. The molecule has 94 valence electrons. The summed E-state index contributed by atoms with van der Waals surface area (Å²) in [6.07, 6.45) is 0. The molecule has 0 radical (unpaired) electrons. The van der Waals surface area contributed by atoms with Crippen LogP contribution in [0.4, 0.5) is 14.5 Å². The zero-order valence-electron chi connectivity index (χ0n) is 8.78. The normalized spacial score (nSPS) is 10.7. The maximum absolute atomic E-state index is 14.0. The van der Waals surface area contributed by atoms with Gasteiger partial charge in [0.15, 0.2) is 5.82 Å². The van der Waals surface area contributed by atoms with E-state index in [1.54, 1.807) is 6.07 Å². The lowest BCUT2D eigenvalue weighted by Gasteiger charge is -2.10. The van der Waals surface area contributed by atoms with Crippen LogP contribution in [-0.4, -0.2) is 0 Å². The molecule has 0 aliphatic carbocycles. The van der Waals surface area contributed by atoms with Crippen molar-refractivity contribution in [3.63, 3.8) is 0 Å². The Labute approximate surface area is 121 Å². The molecular weight excluding hydrogens is 347 g/mol. The number of benzene rings is 2. The summed E-state index contributed by atoms with van der Waals surface area (Å²) in [4.78, 5) is 0. The lowest BCUT2D eigenvalue weighted by atomic mass is 10.0. The van der Waals surface area contributed by atoms with Crippen molar-refractivity contribution in [3.05, 3.63) is 50.4 Å². The van der Waals surface area contributed by atoms with Gasteiger partial charge in [0.1, 0.15) is 5.82 Å². The fraction of sp³-hybridized carbons (Fsp3) is 0. The van der Waals surface area contributed by atoms with Crippen LogP contribution in [0.1, 0.15) is 0 Å². The molecular formula is C12H6BrCl2F2N. The smallest absolute Gasteiger partial charge is 0.150 e. The number of rotatable bonds is 1. The number of nitrogens with two attached hydrogens (primary N) is 1. The molecule has 0 heterocycles. The lowest BCUT2D eigenvalue weighted by Crippen LogP contribution is -1.95. The van der Waals surface area contributed by atoms with Crippen LogP contribution in [0.25, 0.3) is 11.1 Å². The Balaban J connectivity index is 2.74. The highest BCUT2D eigenvalue weighted by molar-refractivity contribution is 9.10. The highest BCUT2D eigenvalue weighted by Gasteiger charge is 2.16. The Morgan fingerprint density at radius 1 is 1.06 bits per heavy atom. The molecule has 1 nitrogen and oxygen atoms in total. The highest BCUT2D eigenvalue weighted by Crippen LogP contribution is 2.38. The second-order valence-electron chi connectivity index (χ2n) is 3.57. The molecule has 0 aliphatic rings. The number of anilines is 1. The van der Waals surface area contributed by atoms with Crippen LogP contribution in [0.5, 0.6) is 0 Å². The highest BCUT2D eigenvalue weighted by atomic mass is 79.9. The fourth-order valence-electron chi connectivity index (χ4n) is 1.54. The van der Waals surface area contributed by atoms with Crippen molar-refractivity contribution in [3.8, 4) is 11.1 Å². The summed E-state index contributed by atoms with van der Waals surface area (Å²) < 4.78 is 27.7. The summed E-state index contributed by atoms with van der Waals surface area (Å²) in [6, 6.07) is 5.19. The second kappa shape index (κ2) is 5.03. The quantitative estimate of drug-likeness (QED) is 0.548. The first-order valence-electron chi connectivity index (χ1n) is 4.80. The Morgan fingerprint density at radius 3 is 2.39 bits per heavy atom. The number of nitrogen functional groups attached to an aromatic ring is 1. The van der Waals surface area contributed by atoms with Crippen LogP contribution in [0.15, 0.2) is 28.7 Å². The first-order valence-corrected chi connectivity index (χ1v) is 6.35. The molecule has 2 aromatic rings. The average Bonchev–Trinajstić information content (AvgIpc) is 2.31.